The van der Waals surface area contributed by atoms with Gasteiger partial charge in [0, 0.05) is 12.5 Å². The third-order valence-corrected chi connectivity index (χ3v) is 0. The molecule has 0 aliphatic heterocycles. The molecule has 0 rings (SSSR count). The molecule has 0 aliphatic rings. The summed E-state index contributed by atoms with van der Waals surface area (Å²) < 4.78 is 0. The summed E-state index contributed by atoms with van der Waals surface area (Å²) in [5.41, 5.74) is 0. The maximum absolute atomic E-state index is 8.24. The SMILES string of the molecule is N#C[O-].N#C[O-].[Fe+2]. The van der Waals surface area contributed by atoms with E-state index in [4.69, 9.17) is 20.7 Å². The Balaban J connectivity index is -0.0000000400. The summed E-state index contributed by atoms with van der Waals surface area (Å²) in [6, 6.07) is 0. The second-order valence-corrected chi connectivity index (χ2v) is 0.183. The van der Waals surface area contributed by atoms with Gasteiger partial charge in [-0.3, -0.25) is 0 Å². The molecule has 38 valence electrons. The fourth-order valence-corrected chi connectivity index (χ4v) is 0. The number of hydrogen-bond donors (Lipinski definition) is 0. The van der Waals surface area contributed by atoms with Crippen LogP contribution < -0.4 is 10.2 Å². The summed E-state index contributed by atoms with van der Waals surface area (Å²) in [6.45, 7) is 0. The minimum Gasteiger partial charge on any atom is -0.812 e. The average Bonchev–Trinajstić information content (AvgIpc) is 1.39. The van der Waals surface area contributed by atoms with Crippen LogP contribution in [-0.4, -0.2) is 0 Å². The maximum Gasteiger partial charge on any atom is 2.00 e. The van der Waals surface area contributed by atoms with Gasteiger partial charge in [-0.25, -0.2) is 10.5 Å². The van der Waals surface area contributed by atoms with Crippen molar-refractivity contribution in [2.45, 2.75) is 0 Å². The number of hydrogen-bond acceptors (Lipinski definition) is 4. The third-order valence-electron chi connectivity index (χ3n) is 0. The first kappa shape index (κ1) is 16.5. The van der Waals surface area contributed by atoms with Crippen molar-refractivity contribution < 1.29 is 27.3 Å². The van der Waals surface area contributed by atoms with E-state index in [-0.39, 0.29) is 17.1 Å². The van der Waals surface area contributed by atoms with E-state index in [2.05, 4.69) is 0 Å². The molecule has 5 heteroatoms. The van der Waals surface area contributed by atoms with Crippen molar-refractivity contribution in [2.24, 2.45) is 0 Å². The van der Waals surface area contributed by atoms with Crippen molar-refractivity contribution in [2.75, 3.05) is 0 Å². The molecule has 0 unspecified atom stereocenters. The van der Waals surface area contributed by atoms with Crippen LogP contribution in [0.4, 0.5) is 0 Å². The van der Waals surface area contributed by atoms with Crippen LogP contribution in [0.25, 0.3) is 0 Å². The molecule has 0 saturated carbocycles. The van der Waals surface area contributed by atoms with Crippen LogP contribution in [0.1, 0.15) is 0 Å². The molecule has 0 saturated heterocycles. The Morgan fingerprint density at radius 1 is 1.00 bits per heavy atom. The first-order valence-corrected chi connectivity index (χ1v) is 0.855. The van der Waals surface area contributed by atoms with E-state index in [1.807, 2.05) is 0 Å². The van der Waals surface area contributed by atoms with E-state index >= 15 is 0 Å². The van der Waals surface area contributed by atoms with E-state index in [0.717, 1.165) is 0 Å². The Hall–Kier alpha value is -0.901. The molecule has 0 spiro atoms. The molecule has 0 aromatic heterocycles. The van der Waals surface area contributed by atoms with Crippen molar-refractivity contribution >= 4 is 0 Å². The van der Waals surface area contributed by atoms with Crippen LogP contribution in [0.3, 0.4) is 0 Å². The third kappa shape index (κ3) is 60.4. The number of rotatable bonds is 0. The molecule has 4 nitrogen and oxygen atoms in total. The molecular weight excluding hydrogens is 140 g/mol. The summed E-state index contributed by atoms with van der Waals surface area (Å²) in [6.07, 6.45) is 1.00. The fraction of sp³-hybridized carbons (Fsp3) is 0. The summed E-state index contributed by atoms with van der Waals surface area (Å²) in [4.78, 5) is 0. The molecule has 0 fully saturated rings. The zero-order valence-corrected chi connectivity index (χ0v) is 4.17. The van der Waals surface area contributed by atoms with Gasteiger partial charge in [0.25, 0.3) is 0 Å². The molecule has 0 N–H and O–H groups in total. The Kier molecular flexibility index (Phi) is 167. The first-order chi connectivity index (χ1) is 2.83. The van der Waals surface area contributed by atoms with Gasteiger partial charge >= 0.3 is 17.1 Å². The Morgan fingerprint density at radius 3 is 1.00 bits per heavy atom. The van der Waals surface area contributed by atoms with E-state index in [0.29, 0.717) is 12.5 Å². The molecule has 0 heterocycles. The maximum atomic E-state index is 8.24. The summed E-state index contributed by atoms with van der Waals surface area (Å²) >= 11 is 0. The fourth-order valence-electron chi connectivity index (χ4n) is 0. The summed E-state index contributed by atoms with van der Waals surface area (Å²) in [7, 11) is 0. The van der Waals surface area contributed by atoms with E-state index in [9.17, 15) is 0 Å². The van der Waals surface area contributed by atoms with Gasteiger partial charge < -0.3 is 10.2 Å². The average molecular weight is 140 g/mol. The van der Waals surface area contributed by atoms with Gasteiger partial charge in [-0.2, -0.15) is 0 Å². The van der Waals surface area contributed by atoms with Gasteiger partial charge in [0.2, 0.25) is 0 Å². The van der Waals surface area contributed by atoms with Gasteiger partial charge in [0.1, 0.15) is 0 Å². The standard InChI is InChI=1S/2CHNO.Fe/c2*2-1-3;/h2*3H;/q;;+2/p-2. The Bertz CT molecular complexity index is 68.7. The monoisotopic (exact) mass is 140 g/mol. The molecular formula is C2FeN2O2. The zero-order valence-electron chi connectivity index (χ0n) is 3.06. The van der Waals surface area contributed by atoms with Crippen molar-refractivity contribution in [3.8, 4) is 12.5 Å². The van der Waals surface area contributed by atoms with Crippen LogP contribution >= 0.6 is 0 Å². The van der Waals surface area contributed by atoms with Crippen LogP contribution in [0.5, 0.6) is 0 Å². The molecule has 0 atom stereocenters. The van der Waals surface area contributed by atoms with Crippen molar-refractivity contribution in [1.29, 1.82) is 10.5 Å². The number of nitrogens with zero attached hydrogens (tertiary/aromatic N) is 2. The van der Waals surface area contributed by atoms with Crippen molar-refractivity contribution in [3.05, 3.63) is 0 Å². The van der Waals surface area contributed by atoms with Gasteiger partial charge in [-0.15, -0.1) is 0 Å². The largest absolute Gasteiger partial charge is 2.00 e. The van der Waals surface area contributed by atoms with Crippen LogP contribution in [0.15, 0.2) is 0 Å². The second kappa shape index (κ2) is 70.9. The van der Waals surface area contributed by atoms with E-state index in [1.54, 1.807) is 0 Å². The van der Waals surface area contributed by atoms with Crippen LogP contribution in [-0.2, 0) is 17.1 Å². The predicted molar refractivity (Wildman–Crippen MR) is 11.2 cm³/mol. The normalized spacial score (nSPS) is 2.00. The molecule has 0 bridgehead atoms. The second-order valence-electron chi connectivity index (χ2n) is 0.183. The van der Waals surface area contributed by atoms with Crippen LogP contribution in [0.2, 0.25) is 0 Å². The zero-order chi connectivity index (χ0) is 5.41. The Labute approximate surface area is 51.1 Å². The molecule has 7 heavy (non-hydrogen) atoms. The van der Waals surface area contributed by atoms with Crippen molar-refractivity contribution in [1.82, 2.24) is 0 Å². The topological polar surface area (TPSA) is 93.7 Å². The first-order valence-electron chi connectivity index (χ1n) is 0.855. The van der Waals surface area contributed by atoms with E-state index < -0.39 is 0 Å². The van der Waals surface area contributed by atoms with Gasteiger partial charge in [-0.05, 0) is 0 Å². The minimum atomic E-state index is 0. The summed E-state index contributed by atoms with van der Waals surface area (Å²) in [5.74, 6) is 0. The number of nitriles is 2. The van der Waals surface area contributed by atoms with E-state index in [1.165, 1.54) is 0 Å². The summed E-state index contributed by atoms with van der Waals surface area (Å²) in [5, 5.41) is 30.0. The quantitative estimate of drug-likeness (QED) is 0.278. The Morgan fingerprint density at radius 2 is 1.00 bits per heavy atom. The van der Waals surface area contributed by atoms with Crippen LogP contribution in [0, 0.1) is 23.0 Å². The predicted octanol–water partition coefficient (Wildman–Crippen LogP) is -2.35. The van der Waals surface area contributed by atoms with Crippen molar-refractivity contribution in [3.63, 3.8) is 0 Å². The van der Waals surface area contributed by atoms with Gasteiger partial charge in [0.05, 0.1) is 0 Å². The molecule has 0 aromatic carbocycles. The molecule has 0 aromatic rings. The molecule has 0 aliphatic carbocycles. The smallest absolute Gasteiger partial charge is 0.812 e. The molecule has 0 amide bonds. The minimum absolute atomic E-state index is 0. The van der Waals surface area contributed by atoms with Gasteiger partial charge in [-0.1, -0.05) is 0 Å². The molecule has 0 radical (unpaired) electrons. The van der Waals surface area contributed by atoms with Gasteiger partial charge in [0.15, 0.2) is 0 Å².